The SMILES string of the molecule is CSCCC(N)C(=O)Nc1nnc(CC2CCCCC2)s1.Cl. The van der Waals surface area contributed by atoms with Crippen LogP contribution in [0.3, 0.4) is 0 Å². The van der Waals surface area contributed by atoms with E-state index in [4.69, 9.17) is 5.73 Å². The molecule has 1 unspecified atom stereocenters. The van der Waals surface area contributed by atoms with Gasteiger partial charge in [-0.25, -0.2) is 0 Å². The summed E-state index contributed by atoms with van der Waals surface area (Å²) in [6, 6.07) is -0.469. The van der Waals surface area contributed by atoms with Crippen LogP contribution in [0.4, 0.5) is 5.13 Å². The van der Waals surface area contributed by atoms with Gasteiger partial charge in [-0.15, -0.1) is 22.6 Å². The van der Waals surface area contributed by atoms with Gasteiger partial charge in [0, 0.05) is 6.42 Å². The minimum absolute atomic E-state index is 0. The molecule has 1 aromatic rings. The second kappa shape index (κ2) is 10.4. The molecule has 8 heteroatoms. The molecule has 0 aromatic carbocycles. The van der Waals surface area contributed by atoms with E-state index in [-0.39, 0.29) is 18.3 Å². The van der Waals surface area contributed by atoms with E-state index in [1.807, 2.05) is 6.26 Å². The Bertz CT molecular complexity index is 452. The largest absolute Gasteiger partial charge is 0.320 e. The molecule has 1 amide bonds. The Hall–Kier alpha value is -0.370. The number of rotatable bonds is 7. The Balaban J connectivity index is 0.00000242. The molecule has 5 nitrogen and oxygen atoms in total. The predicted octanol–water partition coefficient (Wildman–Crippen LogP) is 3.10. The number of carbonyl (C=O) groups is 1. The summed E-state index contributed by atoms with van der Waals surface area (Å²) in [6.07, 6.45) is 10.3. The molecule has 1 heterocycles. The van der Waals surface area contributed by atoms with Gasteiger partial charge in [-0.2, -0.15) is 11.8 Å². The van der Waals surface area contributed by atoms with Crippen LogP contribution in [-0.2, 0) is 11.2 Å². The van der Waals surface area contributed by atoms with Crippen LogP contribution in [0.25, 0.3) is 0 Å². The highest BCUT2D eigenvalue weighted by molar-refractivity contribution is 7.98. The number of anilines is 1. The Morgan fingerprint density at radius 2 is 2.14 bits per heavy atom. The average Bonchev–Trinajstić information content (AvgIpc) is 2.92. The van der Waals surface area contributed by atoms with Crippen molar-refractivity contribution in [2.24, 2.45) is 11.7 Å². The molecule has 1 aromatic heterocycles. The van der Waals surface area contributed by atoms with Crippen LogP contribution in [0.2, 0.25) is 0 Å². The lowest BCUT2D eigenvalue weighted by Gasteiger charge is -2.19. The number of halogens is 1. The van der Waals surface area contributed by atoms with Gasteiger partial charge in [-0.3, -0.25) is 10.1 Å². The first-order valence-electron chi connectivity index (χ1n) is 7.57. The highest BCUT2D eigenvalue weighted by atomic mass is 35.5. The van der Waals surface area contributed by atoms with Crippen molar-refractivity contribution in [3.05, 3.63) is 5.01 Å². The highest BCUT2D eigenvalue weighted by Gasteiger charge is 2.18. The Morgan fingerprint density at radius 1 is 1.41 bits per heavy atom. The summed E-state index contributed by atoms with van der Waals surface area (Å²) in [6.45, 7) is 0. The lowest BCUT2D eigenvalue weighted by Crippen LogP contribution is -2.36. The van der Waals surface area contributed by atoms with Gasteiger partial charge in [0.05, 0.1) is 6.04 Å². The molecule has 0 spiro atoms. The van der Waals surface area contributed by atoms with Crippen molar-refractivity contribution in [1.82, 2.24) is 10.2 Å². The third-order valence-electron chi connectivity index (χ3n) is 3.85. The van der Waals surface area contributed by atoms with E-state index in [1.54, 1.807) is 11.8 Å². The van der Waals surface area contributed by atoms with Crippen LogP contribution in [0.1, 0.15) is 43.5 Å². The maximum Gasteiger partial charge on any atom is 0.243 e. The van der Waals surface area contributed by atoms with Crippen molar-refractivity contribution in [3.63, 3.8) is 0 Å². The fourth-order valence-electron chi connectivity index (χ4n) is 2.60. The van der Waals surface area contributed by atoms with Gasteiger partial charge in [0.25, 0.3) is 0 Å². The molecule has 1 aliphatic carbocycles. The molecule has 126 valence electrons. The zero-order valence-electron chi connectivity index (χ0n) is 12.9. The second-order valence-electron chi connectivity index (χ2n) is 5.59. The van der Waals surface area contributed by atoms with Gasteiger partial charge in [-0.05, 0) is 24.3 Å². The van der Waals surface area contributed by atoms with Crippen LogP contribution in [0, 0.1) is 5.92 Å². The van der Waals surface area contributed by atoms with Crippen molar-refractivity contribution in [1.29, 1.82) is 0 Å². The number of nitrogens with two attached hydrogens (primary N) is 1. The van der Waals surface area contributed by atoms with Gasteiger partial charge in [0.2, 0.25) is 11.0 Å². The molecule has 1 atom stereocenters. The zero-order chi connectivity index (χ0) is 15.1. The molecule has 2 rings (SSSR count). The highest BCUT2D eigenvalue weighted by Crippen LogP contribution is 2.28. The molecule has 1 fully saturated rings. The van der Waals surface area contributed by atoms with E-state index in [9.17, 15) is 4.79 Å². The number of nitrogens with zero attached hydrogens (tertiary/aromatic N) is 2. The topological polar surface area (TPSA) is 80.9 Å². The Morgan fingerprint density at radius 3 is 2.82 bits per heavy atom. The molecule has 1 saturated carbocycles. The zero-order valence-corrected chi connectivity index (χ0v) is 15.4. The number of hydrogen-bond acceptors (Lipinski definition) is 6. The standard InChI is InChI=1S/C14H24N4OS2.ClH/c1-20-8-7-11(15)13(19)16-14-18-17-12(21-14)9-10-5-3-2-4-6-10;/h10-11H,2-9,15H2,1H3,(H,16,18,19);1H. The summed E-state index contributed by atoms with van der Waals surface area (Å²) in [5.41, 5.74) is 5.84. The summed E-state index contributed by atoms with van der Waals surface area (Å²) in [5.74, 6) is 1.46. The van der Waals surface area contributed by atoms with Crippen LogP contribution in [0.5, 0.6) is 0 Å². The van der Waals surface area contributed by atoms with E-state index in [0.29, 0.717) is 11.6 Å². The van der Waals surface area contributed by atoms with Gasteiger partial charge in [0.15, 0.2) is 0 Å². The summed E-state index contributed by atoms with van der Waals surface area (Å²) in [4.78, 5) is 11.9. The van der Waals surface area contributed by atoms with Crippen LogP contribution < -0.4 is 11.1 Å². The molecule has 0 saturated heterocycles. The first kappa shape index (κ1) is 19.7. The lowest BCUT2D eigenvalue weighted by atomic mass is 9.87. The van der Waals surface area contributed by atoms with E-state index >= 15 is 0 Å². The van der Waals surface area contributed by atoms with E-state index < -0.39 is 6.04 Å². The molecule has 3 N–H and O–H groups in total. The van der Waals surface area contributed by atoms with Crippen LogP contribution in [-0.4, -0.2) is 34.2 Å². The maximum absolute atomic E-state index is 11.9. The fourth-order valence-corrected chi connectivity index (χ4v) is 3.95. The summed E-state index contributed by atoms with van der Waals surface area (Å²) >= 11 is 3.17. The molecule has 0 bridgehead atoms. The second-order valence-corrected chi connectivity index (χ2v) is 7.63. The number of thioether (sulfide) groups is 1. The molecule has 22 heavy (non-hydrogen) atoms. The van der Waals surface area contributed by atoms with Crippen molar-refractivity contribution < 1.29 is 4.79 Å². The first-order valence-corrected chi connectivity index (χ1v) is 9.78. The van der Waals surface area contributed by atoms with Crippen molar-refractivity contribution >= 4 is 46.5 Å². The summed E-state index contributed by atoms with van der Waals surface area (Å²) in [7, 11) is 0. The predicted molar refractivity (Wildman–Crippen MR) is 97.0 cm³/mol. The van der Waals surface area contributed by atoms with Crippen LogP contribution >= 0.6 is 35.5 Å². The van der Waals surface area contributed by atoms with E-state index in [2.05, 4.69) is 15.5 Å². The van der Waals surface area contributed by atoms with Gasteiger partial charge >= 0.3 is 0 Å². The third-order valence-corrected chi connectivity index (χ3v) is 5.36. The third kappa shape index (κ3) is 6.40. The smallest absolute Gasteiger partial charge is 0.243 e. The summed E-state index contributed by atoms with van der Waals surface area (Å²) < 4.78 is 0. The average molecular weight is 365 g/mol. The minimum atomic E-state index is -0.469. The number of carbonyl (C=O) groups excluding carboxylic acids is 1. The monoisotopic (exact) mass is 364 g/mol. The number of amides is 1. The van der Waals surface area contributed by atoms with Crippen LogP contribution in [0.15, 0.2) is 0 Å². The van der Waals surface area contributed by atoms with E-state index in [0.717, 1.165) is 23.1 Å². The fraction of sp³-hybridized carbons (Fsp3) is 0.786. The van der Waals surface area contributed by atoms with Crippen molar-refractivity contribution in [3.8, 4) is 0 Å². The Kier molecular flexibility index (Phi) is 9.31. The lowest BCUT2D eigenvalue weighted by molar-refractivity contribution is -0.117. The molecule has 0 radical (unpaired) electrons. The van der Waals surface area contributed by atoms with E-state index in [1.165, 1.54) is 43.4 Å². The molecular weight excluding hydrogens is 340 g/mol. The summed E-state index contributed by atoms with van der Waals surface area (Å²) in [5, 5.41) is 12.6. The minimum Gasteiger partial charge on any atom is -0.320 e. The van der Waals surface area contributed by atoms with Gasteiger partial charge in [-0.1, -0.05) is 43.4 Å². The van der Waals surface area contributed by atoms with Crippen molar-refractivity contribution in [2.75, 3.05) is 17.3 Å². The van der Waals surface area contributed by atoms with Gasteiger partial charge in [0.1, 0.15) is 5.01 Å². The molecule has 0 aliphatic heterocycles. The maximum atomic E-state index is 11.9. The molecular formula is C14H25ClN4OS2. The molecule has 1 aliphatic rings. The number of aromatic nitrogens is 2. The number of hydrogen-bond donors (Lipinski definition) is 2. The first-order chi connectivity index (χ1) is 10.2. The van der Waals surface area contributed by atoms with Crippen molar-refractivity contribution in [2.45, 2.75) is 51.0 Å². The normalized spacial score (nSPS) is 16.8. The van der Waals surface area contributed by atoms with Gasteiger partial charge < -0.3 is 5.73 Å². The number of nitrogens with one attached hydrogen (secondary N) is 1. The Labute approximate surface area is 146 Å². The quantitative estimate of drug-likeness (QED) is 0.776.